The van der Waals surface area contributed by atoms with Gasteiger partial charge in [-0.05, 0) is 41.8 Å². The maximum atomic E-state index is 12.8. The van der Waals surface area contributed by atoms with Gasteiger partial charge in [0.05, 0.1) is 28.6 Å². The minimum Gasteiger partial charge on any atom is -0.452 e. The Hall–Kier alpha value is -3.67. The number of hydrogen-bond acceptors (Lipinski definition) is 6. The Labute approximate surface area is 200 Å². The predicted octanol–water partition coefficient (Wildman–Crippen LogP) is 4.78. The second-order valence-electron chi connectivity index (χ2n) is 6.87. The van der Waals surface area contributed by atoms with Gasteiger partial charge >= 0.3 is 5.97 Å². The van der Waals surface area contributed by atoms with Crippen molar-refractivity contribution in [1.29, 1.82) is 5.26 Å². The maximum Gasteiger partial charge on any atom is 0.340 e. The lowest BCUT2D eigenvalue weighted by molar-refractivity contribution is -0.121. The molecule has 2 aromatic carbocycles. The number of hydrogen-bond donors (Lipinski definition) is 0. The Balaban J connectivity index is 1.74. The molecule has 0 fully saturated rings. The minimum atomic E-state index is -0.740. The van der Waals surface area contributed by atoms with E-state index in [0.29, 0.717) is 21.3 Å². The van der Waals surface area contributed by atoms with Gasteiger partial charge in [0, 0.05) is 24.3 Å². The number of carbonyl (C=O) groups is 3. The summed E-state index contributed by atoms with van der Waals surface area (Å²) in [5, 5.41) is 11.2. The van der Waals surface area contributed by atoms with E-state index in [4.69, 9.17) is 21.6 Å². The van der Waals surface area contributed by atoms with Gasteiger partial charge in [-0.25, -0.2) is 4.79 Å². The van der Waals surface area contributed by atoms with Crippen LogP contribution in [0.1, 0.15) is 26.5 Å². The molecule has 0 atom stereocenters. The predicted molar refractivity (Wildman–Crippen MR) is 128 cm³/mol. The molecule has 0 radical (unpaired) electrons. The van der Waals surface area contributed by atoms with E-state index in [1.807, 2.05) is 6.07 Å². The molecule has 1 heterocycles. The van der Waals surface area contributed by atoms with E-state index < -0.39 is 18.5 Å². The third kappa shape index (κ3) is 5.98. The molecule has 0 unspecified atom stereocenters. The van der Waals surface area contributed by atoms with Gasteiger partial charge < -0.3 is 14.5 Å². The molecule has 33 heavy (non-hydrogen) atoms. The van der Waals surface area contributed by atoms with Crippen LogP contribution in [0, 0.1) is 11.3 Å². The highest BCUT2D eigenvalue weighted by Gasteiger charge is 2.23. The fraction of sp³-hybridized carbons (Fsp3) is 0.167. The molecule has 0 aliphatic heterocycles. The first-order valence-electron chi connectivity index (χ1n) is 9.93. The van der Waals surface area contributed by atoms with Gasteiger partial charge in [0.2, 0.25) is 0 Å². The number of nitrogens with zero attached hydrogens (tertiary/aromatic N) is 3. The van der Waals surface area contributed by atoms with Crippen molar-refractivity contribution in [2.75, 3.05) is 30.0 Å². The fourth-order valence-electron chi connectivity index (χ4n) is 3.10. The summed E-state index contributed by atoms with van der Waals surface area (Å²) in [6.45, 7) is -0.407. The zero-order valence-electron chi connectivity index (χ0n) is 17.7. The Morgan fingerprint density at radius 3 is 2.58 bits per heavy atom. The molecule has 0 aliphatic carbocycles. The van der Waals surface area contributed by atoms with Crippen molar-refractivity contribution in [1.82, 2.24) is 0 Å². The monoisotopic (exact) mass is 481 g/mol. The number of para-hydroxylation sites is 1. The van der Waals surface area contributed by atoms with Crippen molar-refractivity contribution < 1.29 is 19.1 Å². The number of thiophene rings is 1. The van der Waals surface area contributed by atoms with Gasteiger partial charge in [0.15, 0.2) is 6.61 Å². The summed E-state index contributed by atoms with van der Waals surface area (Å²) in [5.41, 5.74) is 1.02. The lowest BCUT2D eigenvalue weighted by Crippen LogP contribution is -2.35. The molecular formula is C24H20ClN3O4S. The first kappa shape index (κ1) is 24.0. The summed E-state index contributed by atoms with van der Waals surface area (Å²) < 4.78 is 5.28. The summed E-state index contributed by atoms with van der Waals surface area (Å²) in [4.78, 5) is 41.6. The van der Waals surface area contributed by atoms with E-state index in [9.17, 15) is 14.4 Å². The average Bonchev–Trinajstić information content (AvgIpc) is 3.37. The van der Waals surface area contributed by atoms with E-state index in [1.165, 1.54) is 27.2 Å². The lowest BCUT2D eigenvalue weighted by atomic mass is 10.1. The van der Waals surface area contributed by atoms with Crippen LogP contribution in [0.5, 0.6) is 0 Å². The number of nitriles is 1. The zero-order chi connectivity index (χ0) is 23.8. The highest BCUT2D eigenvalue weighted by Crippen LogP contribution is 2.24. The van der Waals surface area contributed by atoms with Crippen LogP contribution in [-0.4, -0.2) is 38.0 Å². The van der Waals surface area contributed by atoms with E-state index in [0.717, 1.165) is 0 Å². The van der Waals surface area contributed by atoms with Crippen molar-refractivity contribution >= 4 is 52.1 Å². The van der Waals surface area contributed by atoms with Crippen molar-refractivity contribution in [3.63, 3.8) is 0 Å². The molecular weight excluding hydrogens is 462 g/mol. The van der Waals surface area contributed by atoms with Gasteiger partial charge in [0.1, 0.15) is 0 Å². The Kier molecular flexibility index (Phi) is 8.19. The van der Waals surface area contributed by atoms with Crippen LogP contribution in [0.2, 0.25) is 5.02 Å². The van der Waals surface area contributed by atoms with E-state index in [-0.39, 0.29) is 24.4 Å². The van der Waals surface area contributed by atoms with Crippen molar-refractivity contribution in [3.8, 4) is 6.07 Å². The first-order chi connectivity index (χ1) is 15.9. The number of carbonyl (C=O) groups excluding carboxylic acids is 3. The van der Waals surface area contributed by atoms with Crippen LogP contribution in [0.15, 0.2) is 66.0 Å². The third-order valence-corrected chi connectivity index (χ3v) is 5.81. The number of rotatable bonds is 8. The molecule has 0 saturated heterocycles. The van der Waals surface area contributed by atoms with Crippen molar-refractivity contribution in [3.05, 3.63) is 81.5 Å². The molecule has 0 N–H and O–H groups in total. The SMILES string of the molecule is CN(C(=O)c1cccs1)c1ccccc1C(=O)OCC(=O)N(CCC#N)c1cccc(Cl)c1. The molecule has 3 rings (SSSR count). The molecule has 2 amide bonds. The molecule has 1 aromatic heterocycles. The molecule has 0 saturated carbocycles. The average molecular weight is 482 g/mol. The van der Waals surface area contributed by atoms with E-state index >= 15 is 0 Å². The second kappa shape index (κ2) is 11.3. The van der Waals surface area contributed by atoms with Gasteiger partial charge in [-0.3, -0.25) is 9.59 Å². The molecule has 9 heteroatoms. The molecule has 168 valence electrons. The molecule has 0 spiro atoms. The quantitative estimate of drug-likeness (QED) is 0.432. The largest absolute Gasteiger partial charge is 0.452 e. The topological polar surface area (TPSA) is 90.7 Å². The summed E-state index contributed by atoms with van der Waals surface area (Å²) in [7, 11) is 1.57. The van der Waals surface area contributed by atoms with E-state index in [2.05, 4.69) is 0 Å². The molecule has 0 aliphatic rings. The third-order valence-electron chi connectivity index (χ3n) is 4.72. The number of amides is 2. The molecule has 3 aromatic rings. The van der Waals surface area contributed by atoms with E-state index in [1.54, 1.807) is 67.0 Å². The standard InChI is InChI=1S/C24H20ClN3O4S/c1-27(23(30)21-11-5-14-33-21)20-10-3-2-9-19(20)24(31)32-16-22(29)28(13-6-12-26)18-8-4-7-17(25)15-18/h2-5,7-11,14-15H,6,13,16H2,1H3. The van der Waals surface area contributed by atoms with Gasteiger partial charge in [-0.2, -0.15) is 5.26 Å². The van der Waals surface area contributed by atoms with Crippen LogP contribution >= 0.6 is 22.9 Å². The van der Waals surface area contributed by atoms with Crippen LogP contribution in [0.25, 0.3) is 0 Å². The van der Waals surface area contributed by atoms with Crippen LogP contribution in [0.4, 0.5) is 11.4 Å². The number of ether oxygens (including phenoxy) is 1. The summed E-state index contributed by atoms with van der Waals surface area (Å²) >= 11 is 7.33. The Bertz CT molecular complexity index is 1190. The highest BCUT2D eigenvalue weighted by atomic mass is 35.5. The summed E-state index contributed by atoms with van der Waals surface area (Å²) in [6, 6.07) is 18.6. The second-order valence-corrected chi connectivity index (χ2v) is 8.25. The normalized spacial score (nSPS) is 10.2. The fourth-order valence-corrected chi connectivity index (χ4v) is 3.98. The highest BCUT2D eigenvalue weighted by molar-refractivity contribution is 7.12. The molecule has 0 bridgehead atoms. The van der Waals surface area contributed by atoms with Gasteiger partial charge in [-0.1, -0.05) is 35.9 Å². The van der Waals surface area contributed by atoms with Gasteiger partial charge in [-0.15, -0.1) is 11.3 Å². The Morgan fingerprint density at radius 2 is 1.88 bits per heavy atom. The first-order valence-corrected chi connectivity index (χ1v) is 11.2. The molecule has 7 nitrogen and oxygen atoms in total. The van der Waals surface area contributed by atoms with Crippen LogP contribution in [0.3, 0.4) is 0 Å². The number of esters is 1. The van der Waals surface area contributed by atoms with Gasteiger partial charge in [0.25, 0.3) is 11.8 Å². The van der Waals surface area contributed by atoms with Crippen molar-refractivity contribution in [2.24, 2.45) is 0 Å². The minimum absolute atomic E-state index is 0.102. The van der Waals surface area contributed by atoms with Crippen LogP contribution in [-0.2, 0) is 9.53 Å². The summed E-state index contributed by atoms with van der Waals surface area (Å²) in [6.07, 6.45) is 0.102. The number of anilines is 2. The Morgan fingerprint density at radius 1 is 1.09 bits per heavy atom. The summed E-state index contributed by atoms with van der Waals surface area (Å²) in [5.74, 6) is -1.50. The van der Waals surface area contributed by atoms with Crippen molar-refractivity contribution in [2.45, 2.75) is 6.42 Å². The smallest absolute Gasteiger partial charge is 0.340 e. The number of halogens is 1. The zero-order valence-corrected chi connectivity index (χ0v) is 19.3. The van der Waals surface area contributed by atoms with Crippen LogP contribution < -0.4 is 9.80 Å². The maximum absolute atomic E-state index is 12.8. The lowest BCUT2D eigenvalue weighted by Gasteiger charge is -2.22. The number of benzene rings is 2.